The van der Waals surface area contributed by atoms with E-state index in [1.165, 1.54) is 18.2 Å². The molecule has 6 nitrogen and oxygen atoms in total. The van der Waals surface area contributed by atoms with Gasteiger partial charge in [-0.15, -0.1) is 0 Å². The topological polar surface area (TPSA) is 99.8 Å². The average Bonchev–Trinajstić information content (AvgIpc) is 2.34. The largest absolute Gasteiger partial charge is 0.508 e. The summed E-state index contributed by atoms with van der Waals surface area (Å²) in [6.07, 6.45) is 0. The number of nitrogens with one attached hydrogen (secondary N) is 1. The number of carboxylic acid groups (broad SMARTS) is 1. The third-order valence-electron chi connectivity index (χ3n) is 2.79. The van der Waals surface area contributed by atoms with Crippen LogP contribution in [0.5, 0.6) is 5.75 Å². The van der Waals surface area contributed by atoms with Crippen LogP contribution in [-0.4, -0.2) is 22.7 Å². The van der Waals surface area contributed by atoms with Crippen molar-refractivity contribution < 1.29 is 19.4 Å². The van der Waals surface area contributed by atoms with Gasteiger partial charge >= 0.3 is 11.6 Å². The molecule has 3 N–H and O–H groups in total. The van der Waals surface area contributed by atoms with Crippen LogP contribution in [0.15, 0.2) is 33.5 Å². The molecule has 0 aliphatic rings. The van der Waals surface area contributed by atoms with Gasteiger partial charge in [0, 0.05) is 23.6 Å². The molecule has 6 heteroatoms. The number of aromatic hydroxyl groups is 1. The summed E-state index contributed by atoms with van der Waals surface area (Å²) in [4.78, 5) is 22.0. The summed E-state index contributed by atoms with van der Waals surface area (Å²) in [6, 6.07) is 5.45. The van der Waals surface area contributed by atoms with Gasteiger partial charge in [0.2, 0.25) is 0 Å². The summed E-state index contributed by atoms with van der Waals surface area (Å²) >= 11 is 0. The van der Waals surface area contributed by atoms with Crippen LogP contribution >= 0.6 is 0 Å². The Bertz CT molecular complexity index is 676. The maximum atomic E-state index is 11.5. The third kappa shape index (κ3) is 2.92. The zero-order chi connectivity index (χ0) is 14.0. The van der Waals surface area contributed by atoms with E-state index in [9.17, 15) is 14.7 Å². The van der Waals surface area contributed by atoms with E-state index in [2.05, 4.69) is 5.32 Å². The van der Waals surface area contributed by atoms with Gasteiger partial charge in [0.15, 0.2) is 0 Å². The first-order valence-corrected chi connectivity index (χ1v) is 5.69. The Kier molecular flexibility index (Phi) is 3.52. The second kappa shape index (κ2) is 5.11. The maximum absolute atomic E-state index is 11.5. The molecule has 100 valence electrons. The Labute approximate surface area is 108 Å². The standard InChI is InChI=1S/C13H13NO5/c1-7(14-6-12(16)17)10-5-13(18)19-11-4-8(15)2-3-9(10)11/h2-5,7,14-15H,6H2,1H3,(H,16,17). The van der Waals surface area contributed by atoms with Gasteiger partial charge in [0.1, 0.15) is 11.3 Å². The molecule has 0 saturated carbocycles. The molecule has 19 heavy (non-hydrogen) atoms. The van der Waals surface area contributed by atoms with Gasteiger partial charge in [0.25, 0.3) is 0 Å². The molecule has 0 radical (unpaired) electrons. The molecule has 1 heterocycles. The molecule has 2 rings (SSSR count). The van der Waals surface area contributed by atoms with Gasteiger partial charge in [-0.2, -0.15) is 0 Å². The SMILES string of the molecule is CC(NCC(=O)O)c1cc(=O)oc2cc(O)ccc12. The highest BCUT2D eigenvalue weighted by Crippen LogP contribution is 2.25. The van der Waals surface area contributed by atoms with Crippen molar-refractivity contribution in [1.82, 2.24) is 5.32 Å². The van der Waals surface area contributed by atoms with E-state index in [0.717, 1.165) is 0 Å². The quantitative estimate of drug-likeness (QED) is 0.717. The number of aliphatic carboxylic acids is 1. The molecule has 0 fully saturated rings. The Hall–Kier alpha value is -2.34. The van der Waals surface area contributed by atoms with Crippen LogP contribution in [0.4, 0.5) is 0 Å². The molecule has 0 amide bonds. The number of fused-ring (bicyclic) bond motifs is 1. The highest BCUT2D eigenvalue weighted by Gasteiger charge is 2.13. The van der Waals surface area contributed by atoms with Crippen molar-refractivity contribution in [2.75, 3.05) is 6.54 Å². The van der Waals surface area contributed by atoms with Gasteiger partial charge in [-0.3, -0.25) is 4.79 Å². The second-order valence-electron chi connectivity index (χ2n) is 4.20. The fourth-order valence-electron chi connectivity index (χ4n) is 1.89. The zero-order valence-electron chi connectivity index (χ0n) is 10.2. The van der Waals surface area contributed by atoms with Crippen molar-refractivity contribution in [3.05, 3.63) is 40.2 Å². The molecule has 0 saturated heterocycles. The van der Waals surface area contributed by atoms with E-state index in [1.54, 1.807) is 13.0 Å². The number of carbonyl (C=O) groups is 1. The first-order valence-electron chi connectivity index (χ1n) is 5.69. The number of hydrogen-bond donors (Lipinski definition) is 3. The van der Waals surface area contributed by atoms with Crippen LogP contribution in [0.25, 0.3) is 11.0 Å². The molecular weight excluding hydrogens is 250 g/mol. The van der Waals surface area contributed by atoms with E-state index in [1.807, 2.05) is 0 Å². The highest BCUT2D eigenvalue weighted by molar-refractivity contribution is 5.82. The molecule has 1 aromatic carbocycles. The fourth-order valence-corrected chi connectivity index (χ4v) is 1.89. The van der Waals surface area contributed by atoms with Crippen LogP contribution in [0.2, 0.25) is 0 Å². The number of rotatable bonds is 4. The predicted molar refractivity (Wildman–Crippen MR) is 68.2 cm³/mol. The Morgan fingerprint density at radius 3 is 2.84 bits per heavy atom. The van der Waals surface area contributed by atoms with Crippen LogP contribution in [0, 0.1) is 0 Å². The van der Waals surface area contributed by atoms with Crippen LogP contribution < -0.4 is 10.9 Å². The first-order chi connectivity index (χ1) is 8.97. The average molecular weight is 263 g/mol. The van der Waals surface area contributed by atoms with Gasteiger partial charge in [-0.1, -0.05) is 0 Å². The Morgan fingerprint density at radius 1 is 1.42 bits per heavy atom. The molecule has 1 aromatic heterocycles. The first kappa shape index (κ1) is 13.1. The highest BCUT2D eigenvalue weighted by atomic mass is 16.4. The lowest BCUT2D eigenvalue weighted by molar-refractivity contribution is -0.136. The van der Waals surface area contributed by atoms with Gasteiger partial charge in [-0.25, -0.2) is 4.79 Å². The number of benzene rings is 1. The van der Waals surface area contributed by atoms with Gasteiger partial charge < -0.3 is 19.9 Å². The summed E-state index contributed by atoms with van der Waals surface area (Å²) in [5, 5.41) is 21.5. The van der Waals surface area contributed by atoms with Crippen molar-refractivity contribution in [2.45, 2.75) is 13.0 Å². The monoisotopic (exact) mass is 263 g/mol. The molecule has 0 spiro atoms. The predicted octanol–water partition coefficient (Wildman–Crippen LogP) is 1.23. The summed E-state index contributed by atoms with van der Waals surface area (Å²) in [5.41, 5.74) is 0.357. The minimum atomic E-state index is -0.975. The lowest BCUT2D eigenvalue weighted by Gasteiger charge is -2.14. The molecule has 2 aromatic rings. The van der Waals surface area contributed by atoms with Crippen LogP contribution in [0.1, 0.15) is 18.5 Å². The van der Waals surface area contributed by atoms with Gasteiger partial charge in [-0.05, 0) is 24.6 Å². The van der Waals surface area contributed by atoms with Crippen LogP contribution in [-0.2, 0) is 4.79 Å². The second-order valence-corrected chi connectivity index (χ2v) is 4.20. The Morgan fingerprint density at radius 2 is 2.16 bits per heavy atom. The normalized spacial score (nSPS) is 12.5. The molecule has 0 aliphatic heterocycles. The van der Waals surface area contributed by atoms with E-state index in [0.29, 0.717) is 10.9 Å². The number of phenols is 1. The van der Waals surface area contributed by atoms with E-state index >= 15 is 0 Å². The molecule has 0 aliphatic carbocycles. The number of hydrogen-bond acceptors (Lipinski definition) is 5. The maximum Gasteiger partial charge on any atom is 0.336 e. The Balaban J connectivity index is 2.47. The summed E-state index contributed by atoms with van der Waals surface area (Å²) < 4.78 is 5.00. The van der Waals surface area contributed by atoms with Crippen LogP contribution in [0.3, 0.4) is 0 Å². The van der Waals surface area contributed by atoms with E-state index in [-0.39, 0.29) is 23.9 Å². The summed E-state index contributed by atoms with van der Waals surface area (Å²) in [5.74, 6) is -0.976. The summed E-state index contributed by atoms with van der Waals surface area (Å²) in [7, 11) is 0. The minimum absolute atomic E-state index is 0.000974. The molecular formula is C13H13NO5. The number of phenolic OH excluding ortho intramolecular Hbond substituents is 1. The molecule has 1 atom stereocenters. The molecule has 1 unspecified atom stereocenters. The smallest absolute Gasteiger partial charge is 0.336 e. The van der Waals surface area contributed by atoms with Gasteiger partial charge in [0.05, 0.1) is 6.54 Å². The third-order valence-corrected chi connectivity index (χ3v) is 2.79. The number of carboxylic acids is 1. The summed E-state index contributed by atoms with van der Waals surface area (Å²) in [6.45, 7) is 1.55. The lowest BCUT2D eigenvalue weighted by Crippen LogP contribution is -2.26. The van der Waals surface area contributed by atoms with Crippen molar-refractivity contribution in [3.8, 4) is 5.75 Å². The van der Waals surface area contributed by atoms with E-state index < -0.39 is 11.6 Å². The minimum Gasteiger partial charge on any atom is -0.508 e. The van der Waals surface area contributed by atoms with E-state index in [4.69, 9.17) is 9.52 Å². The lowest BCUT2D eigenvalue weighted by atomic mass is 10.0. The van der Waals surface area contributed by atoms with Crippen molar-refractivity contribution in [3.63, 3.8) is 0 Å². The molecule has 0 bridgehead atoms. The fraction of sp³-hybridized carbons (Fsp3) is 0.231. The van der Waals surface area contributed by atoms with Crippen molar-refractivity contribution in [1.29, 1.82) is 0 Å². The van der Waals surface area contributed by atoms with Crippen molar-refractivity contribution in [2.24, 2.45) is 0 Å². The van der Waals surface area contributed by atoms with Crippen molar-refractivity contribution >= 4 is 16.9 Å². The zero-order valence-corrected chi connectivity index (χ0v) is 10.2.